The van der Waals surface area contributed by atoms with Crippen LogP contribution in [0.15, 0.2) is 84.1 Å². The topological polar surface area (TPSA) is 90.0 Å². The van der Waals surface area contributed by atoms with Gasteiger partial charge in [-0.3, -0.25) is 19.3 Å². The first kappa shape index (κ1) is 26.5. The number of nitrogens with one attached hydrogen (secondary N) is 1. The number of hydrogen-bond acceptors (Lipinski definition) is 5. The zero-order valence-corrected chi connectivity index (χ0v) is 22.6. The number of carboxylic acid groups (broad SMARTS) is 1. The van der Waals surface area contributed by atoms with Gasteiger partial charge in [-0.1, -0.05) is 48.0 Å². The van der Waals surface area contributed by atoms with Gasteiger partial charge in [0.2, 0.25) is 5.91 Å². The van der Waals surface area contributed by atoms with Crippen molar-refractivity contribution in [2.45, 2.75) is 37.6 Å². The second-order valence-corrected chi connectivity index (χ2v) is 10.6. The summed E-state index contributed by atoms with van der Waals surface area (Å²) in [7, 11) is 3.90. The van der Waals surface area contributed by atoms with Crippen molar-refractivity contribution in [3.05, 3.63) is 100 Å². The summed E-state index contributed by atoms with van der Waals surface area (Å²) < 4.78 is 0. The van der Waals surface area contributed by atoms with Gasteiger partial charge in [-0.2, -0.15) is 0 Å². The number of ketones is 1. The standard InChI is InChI=1S/C31H30ClN3O4/c1-34(2)23-13-9-20(10-14-23)31-30-25(17-21(18-27(30)36)19-7-11-22(32)12-8-19)33-24-5-3-4-6-26(24)35(31)28(37)15-16-29(38)39/h3-14,21,31,33H,15-18H2,1-2H3,(H,38,39). The number of halogens is 1. The average Bonchev–Trinajstić information content (AvgIpc) is 3.07. The monoisotopic (exact) mass is 543 g/mol. The van der Waals surface area contributed by atoms with E-state index in [1.165, 1.54) is 0 Å². The highest BCUT2D eigenvalue weighted by molar-refractivity contribution is 6.30. The average molecular weight is 544 g/mol. The number of carboxylic acids is 1. The highest BCUT2D eigenvalue weighted by atomic mass is 35.5. The minimum Gasteiger partial charge on any atom is -0.481 e. The molecule has 200 valence electrons. The highest BCUT2D eigenvalue weighted by Crippen LogP contribution is 2.47. The van der Waals surface area contributed by atoms with Gasteiger partial charge >= 0.3 is 5.97 Å². The number of hydrogen-bond donors (Lipinski definition) is 2. The Bertz CT molecular complexity index is 1450. The Balaban J connectivity index is 1.67. The van der Waals surface area contributed by atoms with Crippen molar-refractivity contribution in [1.29, 1.82) is 0 Å². The second-order valence-electron chi connectivity index (χ2n) is 10.2. The number of carbonyl (C=O) groups excluding carboxylic acids is 2. The normalized spacial score (nSPS) is 18.5. The van der Waals surface area contributed by atoms with Crippen molar-refractivity contribution in [3.8, 4) is 0 Å². The van der Waals surface area contributed by atoms with Crippen molar-refractivity contribution in [2.75, 3.05) is 29.2 Å². The Labute approximate surface area is 232 Å². The number of fused-ring (bicyclic) bond motifs is 1. The summed E-state index contributed by atoms with van der Waals surface area (Å²) in [6.07, 6.45) is 0.401. The van der Waals surface area contributed by atoms with Crippen LogP contribution < -0.4 is 15.1 Å². The van der Waals surface area contributed by atoms with E-state index in [1.807, 2.05) is 91.8 Å². The van der Waals surface area contributed by atoms with Gasteiger partial charge in [-0.25, -0.2) is 0 Å². The molecule has 3 aromatic rings. The van der Waals surface area contributed by atoms with Crippen LogP contribution in [0.25, 0.3) is 0 Å². The summed E-state index contributed by atoms with van der Waals surface area (Å²) in [5, 5.41) is 13.4. The van der Waals surface area contributed by atoms with Crippen molar-refractivity contribution in [1.82, 2.24) is 0 Å². The van der Waals surface area contributed by atoms with E-state index in [9.17, 15) is 19.5 Å². The number of rotatable bonds is 6. The molecule has 3 aromatic carbocycles. The number of benzene rings is 3. The van der Waals surface area contributed by atoms with Crippen LogP contribution in [-0.2, 0) is 14.4 Å². The maximum atomic E-state index is 14.0. The molecule has 7 nitrogen and oxygen atoms in total. The fraction of sp³-hybridized carbons (Fsp3) is 0.258. The third kappa shape index (κ3) is 5.40. The summed E-state index contributed by atoms with van der Waals surface area (Å²) in [6.45, 7) is 0. The molecule has 0 saturated heterocycles. The van der Waals surface area contributed by atoms with Gasteiger partial charge in [0.05, 0.1) is 23.8 Å². The molecule has 2 unspecified atom stereocenters. The Morgan fingerprint density at radius 1 is 0.949 bits per heavy atom. The zero-order chi connectivity index (χ0) is 27.7. The van der Waals surface area contributed by atoms with Crippen LogP contribution in [0.1, 0.15) is 48.8 Å². The fourth-order valence-corrected chi connectivity index (χ4v) is 5.57. The van der Waals surface area contributed by atoms with Gasteiger partial charge in [0, 0.05) is 48.9 Å². The molecular formula is C31H30ClN3O4. The molecule has 0 bridgehead atoms. The van der Waals surface area contributed by atoms with E-state index < -0.39 is 12.0 Å². The Hall–Kier alpha value is -4.10. The van der Waals surface area contributed by atoms with Gasteiger partial charge in [0.15, 0.2) is 5.78 Å². The molecule has 2 N–H and O–H groups in total. The summed E-state index contributed by atoms with van der Waals surface area (Å²) in [5.74, 6) is -1.49. The van der Waals surface area contributed by atoms with Crippen LogP contribution >= 0.6 is 11.6 Å². The third-order valence-corrected chi connectivity index (χ3v) is 7.63. The van der Waals surface area contributed by atoms with Crippen LogP contribution in [0.5, 0.6) is 0 Å². The van der Waals surface area contributed by atoms with Crippen molar-refractivity contribution in [2.24, 2.45) is 0 Å². The first-order valence-corrected chi connectivity index (χ1v) is 13.3. The lowest BCUT2D eigenvalue weighted by Gasteiger charge is -2.35. The predicted molar refractivity (Wildman–Crippen MR) is 153 cm³/mol. The predicted octanol–water partition coefficient (Wildman–Crippen LogP) is 6.17. The number of aliphatic carboxylic acids is 1. The smallest absolute Gasteiger partial charge is 0.303 e. The summed E-state index contributed by atoms with van der Waals surface area (Å²) >= 11 is 6.11. The van der Waals surface area contributed by atoms with E-state index >= 15 is 0 Å². The first-order chi connectivity index (χ1) is 18.7. The van der Waals surface area contributed by atoms with Gasteiger partial charge < -0.3 is 15.3 Å². The summed E-state index contributed by atoms with van der Waals surface area (Å²) in [6, 6.07) is 22.1. The van der Waals surface area contributed by atoms with E-state index in [4.69, 9.17) is 11.6 Å². The van der Waals surface area contributed by atoms with Crippen LogP contribution in [0.2, 0.25) is 5.02 Å². The number of carbonyl (C=O) groups is 3. The number of amides is 1. The maximum Gasteiger partial charge on any atom is 0.303 e. The number of nitrogens with zero attached hydrogens (tertiary/aromatic N) is 2. The molecule has 1 amide bonds. The van der Waals surface area contributed by atoms with Gasteiger partial charge in [-0.15, -0.1) is 0 Å². The van der Waals surface area contributed by atoms with Crippen LogP contribution in [0, 0.1) is 0 Å². The Kier molecular flexibility index (Phi) is 7.44. The van der Waals surface area contributed by atoms with E-state index in [-0.39, 0.29) is 30.4 Å². The third-order valence-electron chi connectivity index (χ3n) is 7.38. The molecule has 0 radical (unpaired) electrons. The van der Waals surface area contributed by atoms with Crippen molar-refractivity contribution in [3.63, 3.8) is 0 Å². The number of para-hydroxylation sites is 2. The molecule has 2 atom stereocenters. The van der Waals surface area contributed by atoms with Gasteiger partial charge in [-0.05, 0) is 59.9 Å². The van der Waals surface area contributed by atoms with Crippen LogP contribution in [0.4, 0.5) is 17.1 Å². The molecule has 39 heavy (non-hydrogen) atoms. The molecule has 5 rings (SSSR count). The van der Waals surface area contributed by atoms with Crippen molar-refractivity contribution < 1.29 is 19.5 Å². The Morgan fingerprint density at radius 2 is 1.62 bits per heavy atom. The molecule has 1 aliphatic carbocycles. The number of allylic oxidation sites excluding steroid dienone is 1. The molecule has 1 aliphatic heterocycles. The number of Topliss-reactive ketones (excluding diaryl/α,β-unsaturated/α-hetero) is 1. The molecule has 0 aromatic heterocycles. The van der Waals surface area contributed by atoms with E-state index in [2.05, 4.69) is 5.32 Å². The number of anilines is 3. The minimum absolute atomic E-state index is 0.0424. The van der Waals surface area contributed by atoms with Gasteiger partial charge in [0.1, 0.15) is 0 Å². The summed E-state index contributed by atoms with van der Waals surface area (Å²) in [5.41, 5.74) is 5.42. The molecule has 2 aliphatic rings. The highest BCUT2D eigenvalue weighted by Gasteiger charge is 2.41. The summed E-state index contributed by atoms with van der Waals surface area (Å²) in [4.78, 5) is 42.7. The van der Waals surface area contributed by atoms with E-state index in [1.54, 1.807) is 4.90 Å². The lowest BCUT2D eigenvalue weighted by atomic mass is 9.78. The second kappa shape index (κ2) is 10.9. The van der Waals surface area contributed by atoms with E-state index in [0.29, 0.717) is 34.8 Å². The molecule has 0 fully saturated rings. The maximum absolute atomic E-state index is 14.0. The first-order valence-electron chi connectivity index (χ1n) is 12.9. The minimum atomic E-state index is -1.05. The SMILES string of the molecule is CN(C)c1ccc(C2C3=C(CC(c4ccc(Cl)cc4)CC3=O)Nc3ccccc3N2C(=O)CCC(=O)O)cc1. The largest absolute Gasteiger partial charge is 0.481 e. The molecule has 0 spiro atoms. The lowest BCUT2D eigenvalue weighted by molar-refractivity contribution is -0.138. The fourth-order valence-electron chi connectivity index (χ4n) is 5.44. The Morgan fingerprint density at radius 3 is 2.28 bits per heavy atom. The molecule has 8 heteroatoms. The molecular weight excluding hydrogens is 514 g/mol. The quantitative estimate of drug-likeness (QED) is 0.386. The lowest BCUT2D eigenvalue weighted by Crippen LogP contribution is -2.38. The van der Waals surface area contributed by atoms with Gasteiger partial charge in [0.25, 0.3) is 0 Å². The van der Waals surface area contributed by atoms with Crippen molar-refractivity contribution >= 4 is 46.3 Å². The van der Waals surface area contributed by atoms with Crippen LogP contribution in [-0.4, -0.2) is 36.9 Å². The molecule has 0 saturated carbocycles. The molecule has 1 heterocycles. The van der Waals surface area contributed by atoms with E-state index in [0.717, 1.165) is 22.5 Å². The van der Waals surface area contributed by atoms with Crippen LogP contribution in [0.3, 0.4) is 0 Å². The zero-order valence-electron chi connectivity index (χ0n) is 21.9.